The highest BCUT2D eigenvalue weighted by molar-refractivity contribution is 7.89. The summed E-state index contributed by atoms with van der Waals surface area (Å²) in [5.74, 6) is -0.0701. The van der Waals surface area contributed by atoms with Crippen molar-refractivity contribution in [1.29, 1.82) is 0 Å². The topological polar surface area (TPSA) is 252 Å². The van der Waals surface area contributed by atoms with Crippen LogP contribution in [0, 0.1) is 20.2 Å². The summed E-state index contributed by atoms with van der Waals surface area (Å²) in [6.07, 6.45) is 6.73. The van der Waals surface area contributed by atoms with E-state index in [1.54, 1.807) is 48.5 Å². The van der Waals surface area contributed by atoms with Crippen molar-refractivity contribution in [2.24, 2.45) is 0 Å². The van der Waals surface area contributed by atoms with Crippen LogP contribution in [0.15, 0.2) is 110 Å². The Morgan fingerprint density at radius 3 is 1.33 bits per heavy atom. The molecule has 4 N–H and O–H groups in total. The largest absolute Gasteiger partial charge is 0.450 e. The molecule has 63 heavy (non-hydrogen) atoms. The zero-order valence-corrected chi connectivity index (χ0v) is 35.2. The van der Waals surface area contributed by atoms with Crippen molar-refractivity contribution in [1.82, 2.24) is 29.1 Å². The molecule has 0 aliphatic rings. The molecule has 0 saturated heterocycles. The maximum atomic E-state index is 13.4. The molecule has 0 radical (unpaired) electrons. The lowest BCUT2D eigenvalue weighted by Crippen LogP contribution is -2.08. The fraction of sp³-hybridized carbons (Fsp3) is 0.182. The summed E-state index contributed by atoms with van der Waals surface area (Å²) in [7, 11) is -3.99. The number of aromatic nitrogens is 6. The molecule has 320 valence electrons. The lowest BCUT2D eigenvalue weighted by Gasteiger charge is -2.11. The second-order valence-corrected chi connectivity index (χ2v) is 17.5. The number of sulfone groups is 1. The van der Waals surface area contributed by atoms with Crippen LogP contribution in [-0.2, 0) is 21.3 Å². The summed E-state index contributed by atoms with van der Waals surface area (Å²) in [4.78, 5) is 40.2. The Morgan fingerprint density at radius 2 is 0.984 bits per heavy atom. The summed E-state index contributed by atoms with van der Waals surface area (Å²) in [5.41, 5.74) is 16.4. The van der Waals surface area contributed by atoms with Crippen LogP contribution >= 0.6 is 0 Å². The number of nitrogens with two attached hydrogens (primary N) is 2. The Kier molecular flexibility index (Phi) is 10.9. The SMILES string of the molecule is CC(C)n1cc(-c2ccc(Oc3ccc(CS(=O)(=O)Cc4ccc(Oc5ccc(-c6cn(C(C)C)c7ncnc(N)c67)cc5)c([N+](=O)[O-])c4)cc3[N+](=O)[O-])cc2)c2c(N)ncnc21. The highest BCUT2D eigenvalue weighted by atomic mass is 32.2. The zero-order chi connectivity index (χ0) is 44.7. The average molecular weight is 869 g/mol. The van der Waals surface area contributed by atoms with Crippen LogP contribution in [0.3, 0.4) is 0 Å². The van der Waals surface area contributed by atoms with E-state index in [0.29, 0.717) is 45.2 Å². The normalized spacial score (nSPS) is 11.8. The number of nitrogens with zero attached hydrogens (tertiary/aromatic N) is 8. The molecule has 0 unspecified atom stereocenters. The molecule has 8 aromatic rings. The lowest BCUT2D eigenvalue weighted by molar-refractivity contribution is -0.385. The van der Waals surface area contributed by atoms with Crippen LogP contribution in [0.25, 0.3) is 44.3 Å². The van der Waals surface area contributed by atoms with Crippen molar-refractivity contribution in [2.45, 2.75) is 51.3 Å². The van der Waals surface area contributed by atoms with Crippen molar-refractivity contribution in [3.8, 4) is 45.3 Å². The van der Waals surface area contributed by atoms with Crippen LogP contribution in [-0.4, -0.2) is 47.3 Å². The Labute approximate surface area is 360 Å². The minimum Gasteiger partial charge on any atom is -0.450 e. The van der Waals surface area contributed by atoms with Gasteiger partial charge < -0.3 is 30.1 Å². The second-order valence-electron chi connectivity index (χ2n) is 15.4. The first-order chi connectivity index (χ1) is 30.1. The molecule has 0 aliphatic heterocycles. The van der Waals surface area contributed by atoms with E-state index < -0.39 is 42.6 Å². The number of nitro groups is 2. The number of nitro benzene ring substituents is 2. The van der Waals surface area contributed by atoms with Crippen LogP contribution in [0.2, 0.25) is 0 Å². The van der Waals surface area contributed by atoms with Crippen LogP contribution in [0.5, 0.6) is 23.0 Å². The van der Waals surface area contributed by atoms with Gasteiger partial charge in [0.15, 0.2) is 9.84 Å². The van der Waals surface area contributed by atoms with Gasteiger partial charge in [-0.25, -0.2) is 28.4 Å². The van der Waals surface area contributed by atoms with Crippen molar-refractivity contribution < 1.29 is 27.7 Å². The number of nitrogen functional groups attached to an aromatic ring is 2. The Bertz CT molecular complexity index is 2980. The molecule has 4 heterocycles. The van der Waals surface area contributed by atoms with Gasteiger partial charge in [0.1, 0.15) is 47.1 Å². The third kappa shape index (κ3) is 8.40. The van der Waals surface area contributed by atoms with E-state index in [1.807, 2.05) is 49.2 Å². The number of benzene rings is 4. The lowest BCUT2D eigenvalue weighted by atomic mass is 10.1. The van der Waals surface area contributed by atoms with Crippen LogP contribution < -0.4 is 20.9 Å². The smallest absolute Gasteiger partial charge is 0.311 e. The molecule has 0 aliphatic carbocycles. The fourth-order valence-electron chi connectivity index (χ4n) is 7.42. The summed E-state index contributed by atoms with van der Waals surface area (Å²) in [6, 6.07) is 21.8. The minimum atomic E-state index is -3.99. The number of hydrogen-bond acceptors (Lipinski definition) is 14. The van der Waals surface area contributed by atoms with Gasteiger partial charge in [0.25, 0.3) is 0 Å². The Hall–Kier alpha value is -7.93. The molecule has 4 aromatic heterocycles. The highest BCUT2D eigenvalue weighted by Crippen LogP contribution is 2.39. The molecule has 4 aromatic carbocycles. The highest BCUT2D eigenvalue weighted by Gasteiger charge is 2.24. The molecule has 18 nitrogen and oxygen atoms in total. The maximum absolute atomic E-state index is 13.4. The summed E-state index contributed by atoms with van der Waals surface area (Å²) in [5, 5.41) is 25.7. The molecule has 0 bridgehead atoms. The van der Waals surface area contributed by atoms with E-state index in [4.69, 9.17) is 20.9 Å². The summed E-state index contributed by atoms with van der Waals surface area (Å²) >= 11 is 0. The first-order valence-corrected chi connectivity index (χ1v) is 21.4. The molecule has 0 atom stereocenters. The second kappa shape index (κ2) is 16.5. The van der Waals surface area contributed by atoms with E-state index in [9.17, 15) is 28.6 Å². The first-order valence-electron chi connectivity index (χ1n) is 19.6. The number of rotatable bonds is 14. The van der Waals surface area contributed by atoms with Gasteiger partial charge in [0, 0.05) is 47.7 Å². The van der Waals surface area contributed by atoms with Gasteiger partial charge in [-0.15, -0.1) is 0 Å². The number of hydrogen-bond donors (Lipinski definition) is 2. The average Bonchev–Trinajstić information content (AvgIpc) is 3.84. The number of ether oxygens (including phenoxy) is 2. The number of fused-ring (bicyclic) bond motifs is 2. The molecule has 19 heteroatoms. The van der Waals surface area contributed by atoms with E-state index in [2.05, 4.69) is 19.9 Å². The summed E-state index contributed by atoms with van der Waals surface area (Å²) < 4.78 is 42.7. The maximum Gasteiger partial charge on any atom is 0.311 e. The predicted octanol–water partition coefficient (Wildman–Crippen LogP) is 9.35. The third-order valence-corrected chi connectivity index (χ3v) is 11.9. The van der Waals surface area contributed by atoms with E-state index in [-0.39, 0.29) is 34.7 Å². The van der Waals surface area contributed by atoms with Crippen molar-refractivity contribution in [2.75, 3.05) is 11.5 Å². The van der Waals surface area contributed by atoms with Crippen molar-refractivity contribution in [3.05, 3.63) is 141 Å². The standard InChI is InChI=1S/C44H40N10O8S/c1-25(2)51-19-33(39-41(45)47-23-49-43(39)51)29-7-11-31(12-8-29)61-37-15-5-27(17-35(37)53(55)56)21-63(59,60)22-28-6-16-38(36(18-28)54(57)58)62-32-13-9-30(10-14-32)34-20-52(26(3)4)44-40(34)42(46)48-24-50-44/h5-20,23-26H,21-22H2,1-4H3,(H2,45,47,49)(H2,46,48,50). The van der Waals surface area contributed by atoms with E-state index >= 15 is 0 Å². The van der Waals surface area contributed by atoms with E-state index in [0.717, 1.165) is 34.4 Å². The van der Waals surface area contributed by atoms with Crippen LogP contribution in [0.4, 0.5) is 23.0 Å². The van der Waals surface area contributed by atoms with Gasteiger partial charge in [0.05, 0.1) is 32.1 Å². The monoisotopic (exact) mass is 868 g/mol. The third-order valence-electron chi connectivity index (χ3n) is 10.4. The fourth-order valence-corrected chi connectivity index (χ4v) is 8.90. The Balaban J connectivity index is 0.960. The summed E-state index contributed by atoms with van der Waals surface area (Å²) in [6.45, 7) is 8.11. The predicted molar refractivity (Wildman–Crippen MR) is 238 cm³/mol. The van der Waals surface area contributed by atoms with Crippen LogP contribution in [0.1, 0.15) is 50.9 Å². The number of anilines is 2. The molecule has 0 amide bonds. The molecular weight excluding hydrogens is 829 g/mol. The van der Waals surface area contributed by atoms with Gasteiger partial charge in [-0.05, 0) is 86.3 Å². The zero-order valence-electron chi connectivity index (χ0n) is 34.4. The first kappa shape index (κ1) is 41.8. The van der Waals surface area contributed by atoms with Gasteiger partial charge in [-0.1, -0.05) is 36.4 Å². The van der Waals surface area contributed by atoms with Gasteiger partial charge >= 0.3 is 11.4 Å². The van der Waals surface area contributed by atoms with Gasteiger partial charge in [-0.3, -0.25) is 20.2 Å². The minimum absolute atomic E-state index is 0.0955. The van der Waals surface area contributed by atoms with E-state index in [1.165, 1.54) is 36.9 Å². The van der Waals surface area contributed by atoms with Gasteiger partial charge in [-0.2, -0.15) is 0 Å². The molecule has 8 rings (SSSR count). The quantitative estimate of drug-likeness (QED) is 0.0763. The molecule has 0 saturated carbocycles. The molecule has 0 spiro atoms. The molecular formula is C44H40N10O8S. The molecule has 0 fully saturated rings. The van der Waals surface area contributed by atoms with Crippen molar-refractivity contribution in [3.63, 3.8) is 0 Å². The Morgan fingerprint density at radius 1 is 0.603 bits per heavy atom. The van der Waals surface area contributed by atoms with Gasteiger partial charge in [0.2, 0.25) is 11.5 Å². The van der Waals surface area contributed by atoms with Crippen molar-refractivity contribution >= 4 is 54.9 Å².